The summed E-state index contributed by atoms with van der Waals surface area (Å²) in [4.78, 5) is 10.4. The molecule has 5 heteroatoms. The normalized spacial score (nSPS) is 11.1. The van der Waals surface area contributed by atoms with Gasteiger partial charge in [-0.1, -0.05) is 11.6 Å². The predicted octanol–water partition coefficient (Wildman–Crippen LogP) is 2.98. The monoisotopic (exact) mass is 230 g/mol. The van der Waals surface area contributed by atoms with Crippen molar-refractivity contribution < 1.29 is 19.7 Å². The van der Waals surface area contributed by atoms with E-state index in [9.17, 15) is 9.90 Å². The van der Waals surface area contributed by atoms with Crippen LogP contribution < -0.4 is 0 Å². The maximum atomic E-state index is 10.4. The van der Waals surface area contributed by atoms with Gasteiger partial charge in [-0.15, -0.1) is 0 Å². The largest absolute Gasteiger partial charge is 0.507 e. The summed E-state index contributed by atoms with van der Waals surface area (Å²) in [6, 6.07) is 4.42. The predicted molar refractivity (Wildman–Crippen MR) is 55.3 cm³/mol. The Kier molecular flexibility index (Phi) is 3.09. The van der Waals surface area contributed by atoms with Crippen molar-refractivity contribution in [2.75, 3.05) is 0 Å². The number of carboxylic acid groups (broad SMARTS) is 1. The van der Waals surface area contributed by atoms with Crippen molar-refractivity contribution in [1.82, 2.24) is 0 Å². The number of hydrogen-bond acceptors (Lipinski definition) is 3. The van der Waals surface area contributed by atoms with Gasteiger partial charge in [-0.25, -0.2) is 4.79 Å². The van der Waals surface area contributed by atoms with Gasteiger partial charge in [-0.2, -0.15) is 0 Å². The summed E-state index contributed by atoms with van der Waals surface area (Å²) in [5.41, 5.74) is -0.741. The number of hydrogen-bond donors (Lipinski definition) is 2. The highest BCUT2D eigenvalue weighted by atomic mass is 35.5. The van der Waals surface area contributed by atoms with Gasteiger partial charge < -0.3 is 14.9 Å². The molecule has 0 atom stereocenters. The van der Waals surface area contributed by atoms with Crippen LogP contribution in [0.15, 0.2) is 18.2 Å². The van der Waals surface area contributed by atoms with Gasteiger partial charge in [0.05, 0.1) is 0 Å². The fourth-order valence-electron chi connectivity index (χ4n) is 1.29. The first-order valence-electron chi connectivity index (χ1n) is 4.24. The van der Waals surface area contributed by atoms with Crippen molar-refractivity contribution in [3.63, 3.8) is 0 Å². The fraction of sp³-hybridized carbons (Fsp3) is 0.300. The minimum absolute atomic E-state index is 0.0891. The van der Waals surface area contributed by atoms with Crippen LogP contribution >= 0.6 is 11.6 Å². The summed E-state index contributed by atoms with van der Waals surface area (Å²) in [5.74, 6) is -0.0891. The van der Waals surface area contributed by atoms with Gasteiger partial charge >= 0.3 is 6.16 Å². The van der Waals surface area contributed by atoms with Crippen molar-refractivity contribution in [2.45, 2.75) is 19.4 Å². The Labute approximate surface area is 92.1 Å². The lowest BCUT2D eigenvalue weighted by atomic mass is 9.97. The highest BCUT2D eigenvalue weighted by molar-refractivity contribution is 6.30. The third-order valence-electron chi connectivity index (χ3n) is 1.95. The van der Waals surface area contributed by atoms with Crippen LogP contribution in [0, 0.1) is 0 Å². The molecule has 0 saturated heterocycles. The van der Waals surface area contributed by atoms with E-state index < -0.39 is 11.8 Å². The van der Waals surface area contributed by atoms with Gasteiger partial charge in [-0.05, 0) is 32.0 Å². The van der Waals surface area contributed by atoms with Crippen molar-refractivity contribution >= 4 is 17.8 Å². The van der Waals surface area contributed by atoms with Gasteiger partial charge in [0.2, 0.25) is 0 Å². The molecule has 0 aliphatic heterocycles. The number of ether oxygens (including phenoxy) is 1. The van der Waals surface area contributed by atoms with E-state index in [0.29, 0.717) is 10.6 Å². The zero-order valence-electron chi connectivity index (χ0n) is 8.32. The van der Waals surface area contributed by atoms with Gasteiger partial charge in [0, 0.05) is 10.6 Å². The quantitative estimate of drug-likeness (QED) is 0.767. The zero-order valence-corrected chi connectivity index (χ0v) is 9.08. The molecule has 0 radical (unpaired) electrons. The highest BCUT2D eigenvalue weighted by Crippen LogP contribution is 2.33. The molecule has 0 unspecified atom stereocenters. The molecule has 0 amide bonds. The molecule has 0 saturated carbocycles. The van der Waals surface area contributed by atoms with E-state index in [1.54, 1.807) is 19.9 Å². The molecule has 0 heterocycles. The van der Waals surface area contributed by atoms with E-state index in [0.717, 1.165) is 0 Å². The SMILES string of the molecule is CC(C)(OC(=O)O)c1ccc(Cl)cc1O. The lowest BCUT2D eigenvalue weighted by Gasteiger charge is -2.24. The van der Waals surface area contributed by atoms with E-state index in [2.05, 4.69) is 4.74 Å². The second kappa shape index (κ2) is 3.98. The molecule has 1 aromatic rings. The maximum Gasteiger partial charge on any atom is 0.506 e. The van der Waals surface area contributed by atoms with Gasteiger partial charge in [0.15, 0.2) is 0 Å². The number of benzene rings is 1. The average Bonchev–Trinajstić information content (AvgIpc) is 1.99. The summed E-state index contributed by atoms with van der Waals surface area (Å²) >= 11 is 5.66. The summed E-state index contributed by atoms with van der Waals surface area (Å²) in [7, 11) is 0. The summed E-state index contributed by atoms with van der Waals surface area (Å²) < 4.78 is 4.66. The molecule has 0 aliphatic rings. The number of aromatic hydroxyl groups is 1. The van der Waals surface area contributed by atoms with Crippen LogP contribution in [0.1, 0.15) is 19.4 Å². The lowest BCUT2D eigenvalue weighted by Crippen LogP contribution is -2.24. The standard InChI is InChI=1S/C10H11ClO4/c1-10(2,15-9(13)14)7-4-3-6(11)5-8(7)12/h3-5,12H,1-2H3,(H,13,14). The molecule has 0 aromatic heterocycles. The fourth-order valence-corrected chi connectivity index (χ4v) is 1.45. The Morgan fingerprint density at radius 2 is 2.07 bits per heavy atom. The lowest BCUT2D eigenvalue weighted by molar-refractivity contribution is -0.0000834. The van der Waals surface area contributed by atoms with Crippen LogP contribution in [0.4, 0.5) is 4.79 Å². The molecule has 4 nitrogen and oxygen atoms in total. The number of carbonyl (C=O) groups is 1. The van der Waals surface area contributed by atoms with Crippen LogP contribution in [0.25, 0.3) is 0 Å². The van der Waals surface area contributed by atoms with Crippen molar-refractivity contribution in [3.05, 3.63) is 28.8 Å². The molecule has 1 aromatic carbocycles. The van der Waals surface area contributed by atoms with E-state index in [4.69, 9.17) is 16.7 Å². The van der Waals surface area contributed by atoms with Crippen LogP contribution in [-0.2, 0) is 10.3 Å². The van der Waals surface area contributed by atoms with Crippen molar-refractivity contribution in [2.24, 2.45) is 0 Å². The Morgan fingerprint density at radius 3 is 2.53 bits per heavy atom. The Bertz CT molecular complexity index is 387. The first-order valence-corrected chi connectivity index (χ1v) is 4.61. The molecule has 82 valence electrons. The van der Waals surface area contributed by atoms with Crippen LogP contribution in [0.3, 0.4) is 0 Å². The van der Waals surface area contributed by atoms with Crippen LogP contribution in [0.5, 0.6) is 5.75 Å². The van der Waals surface area contributed by atoms with Gasteiger partial charge in [0.1, 0.15) is 11.4 Å². The molecule has 0 bridgehead atoms. The van der Waals surface area contributed by atoms with Crippen molar-refractivity contribution in [1.29, 1.82) is 0 Å². The number of rotatable bonds is 2. The molecule has 0 fully saturated rings. The highest BCUT2D eigenvalue weighted by Gasteiger charge is 2.28. The van der Waals surface area contributed by atoms with Gasteiger partial charge in [-0.3, -0.25) is 0 Å². The number of phenols is 1. The average molecular weight is 231 g/mol. The molecular weight excluding hydrogens is 220 g/mol. The van der Waals surface area contributed by atoms with Crippen molar-refractivity contribution in [3.8, 4) is 5.75 Å². The van der Waals surface area contributed by atoms with E-state index >= 15 is 0 Å². The number of halogens is 1. The third kappa shape index (κ3) is 2.76. The minimum atomic E-state index is -1.39. The van der Waals surface area contributed by atoms with Crippen LogP contribution in [-0.4, -0.2) is 16.4 Å². The van der Waals surface area contributed by atoms with Gasteiger partial charge in [0.25, 0.3) is 0 Å². The second-order valence-electron chi connectivity index (χ2n) is 3.54. The molecule has 15 heavy (non-hydrogen) atoms. The Morgan fingerprint density at radius 1 is 1.47 bits per heavy atom. The van der Waals surface area contributed by atoms with Crippen LogP contribution in [0.2, 0.25) is 5.02 Å². The summed E-state index contributed by atoms with van der Waals surface area (Å²) in [6.45, 7) is 3.09. The second-order valence-corrected chi connectivity index (χ2v) is 3.98. The van der Waals surface area contributed by atoms with E-state index in [1.807, 2.05) is 0 Å². The van der Waals surface area contributed by atoms with E-state index in [1.165, 1.54) is 12.1 Å². The molecule has 2 N–H and O–H groups in total. The number of phenolic OH excluding ortho intramolecular Hbond substituents is 1. The smallest absolute Gasteiger partial charge is 0.506 e. The summed E-state index contributed by atoms with van der Waals surface area (Å²) in [5, 5.41) is 18.5. The maximum absolute atomic E-state index is 10.4. The first kappa shape index (κ1) is 11.7. The summed E-state index contributed by atoms with van der Waals surface area (Å²) in [6.07, 6.45) is -1.39. The molecule has 0 spiro atoms. The Hall–Kier alpha value is -1.42. The third-order valence-corrected chi connectivity index (χ3v) is 2.19. The molecule has 1 rings (SSSR count). The zero-order chi connectivity index (χ0) is 11.6. The van der Waals surface area contributed by atoms with E-state index in [-0.39, 0.29) is 5.75 Å². The first-order chi connectivity index (χ1) is 6.83. The molecule has 0 aliphatic carbocycles. The topological polar surface area (TPSA) is 66.8 Å². The molecular formula is C10H11ClO4. The Balaban J connectivity index is 3.09. The minimum Gasteiger partial charge on any atom is -0.507 e.